The van der Waals surface area contributed by atoms with Crippen LogP contribution in [0.25, 0.3) is 0 Å². The molecule has 1 aromatic carbocycles. The van der Waals surface area contributed by atoms with E-state index in [1.165, 1.54) is 19.1 Å². The van der Waals surface area contributed by atoms with E-state index in [4.69, 9.17) is 40.5 Å². The molecule has 2 unspecified atom stereocenters. The molecule has 0 saturated heterocycles. The average Bonchev–Trinajstić information content (AvgIpc) is 2.42. The maximum Gasteiger partial charge on any atom is 0.252 e. The third kappa shape index (κ3) is 3.99. The molecule has 0 aliphatic heterocycles. The molecule has 21 heavy (non-hydrogen) atoms. The number of nitrogens with two attached hydrogens (primary N) is 1. The summed E-state index contributed by atoms with van der Waals surface area (Å²) < 4.78 is 13.0. The Kier molecular flexibility index (Phi) is 5.84. The van der Waals surface area contributed by atoms with Gasteiger partial charge in [-0.05, 0) is 25.5 Å². The van der Waals surface area contributed by atoms with E-state index in [0.717, 1.165) is 0 Å². The molecule has 4 nitrogen and oxygen atoms in total. The van der Waals surface area contributed by atoms with Crippen LogP contribution in [-0.4, -0.2) is 22.9 Å². The fraction of sp³-hybridized carbons (Fsp3) is 0.385. The molecule has 0 saturated carbocycles. The van der Waals surface area contributed by atoms with Gasteiger partial charge in [-0.3, -0.25) is 9.59 Å². The van der Waals surface area contributed by atoms with Gasteiger partial charge in [0, 0.05) is 5.56 Å². The summed E-state index contributed by atoms with van der Waals surface area (Å²) in [5.41, 5.74) is 2.20. The van der Waals surface area contributed by atoms with Crippen molar-refractivity contribution in [1.29, 1.82) is 0 Å². The van der Waals surface area contributed by atoms with Crippen molar-refractivity contribution < 1.29 is 14.0 Å². The minimum atomic E-state index is -2.20. The topological polar surface area (TPSA) is 72.2 Å². The molecule has 1 amide bonds. The largest absolute Gasteiger partial charge is 0.396 e. The van der Waals surface area contributed by atoms with E-state index >= 15 is 0 Å². The quantitative estimate of drug-likeness (QED) is 0.626. The van der Waals surface area contributed by atoms with Crippen molar-refractivity contribution in [2.75, 3.05) is 5.73 Å². The Morgan fingerprint density at radius 2 is 1.86 bits per heavy atom. The number of benzene rings is 1. The third-order valence-corrected chi connectivity index (χ3v) is 4.00. The number of anilines is 1. The van der Waals surface area contributed by atoms with Crippen LogP contribution in [0.3, 0.4) is 0 Å². The molecular weight excluding hydrogens is 342 g/mol. The summed E-state index contributed by atoms with van der Waals surface area (Å²) in [4.78, 5) is 23.9. The zero-order valence-electron chi connectivity index (χ0n) is 11.3. The van der Waals surface area contributed by atoms with E-state index < -0.39 is 22.9 Å². The molecule has 0 aliphatic rings. The molecule has 116 valence electrons. The van der Waals surface area contributed by atoms with Crippen LogP contribution in [0.4, 0.5) is 10.1 Å². The highest BCUT2D eigenvalue weighted by atomic mass is 35.5. The number of rotatable bonds is 5. The van der Waals surface area contributed by atoms with Gasteiger partial charge in [0.25, 0.3) is 5.91 Å². The number of hydrogen-bond acceptors (Lipinski definition) is 3. The number of nitrogens with one attached hydrogen (secondary N) is 1. The molecule has 0 spiro atoms. The van der Waals surface area contributed by atoms with E-state index in [2.05, 4.69) is 5.32 Å². The van der Waals surface area contributed by atoms with E-state index in [1.54, 1.807) is 6.92 Å². The van der Waals surface area contributed by atoms with Gasteiger partial charge in [-0.2, -0.15) is 0 Å². The van der Waals surface area contributed by atoms with Crippen LogP contribution in [-0.2, 0) is 4.79 Å². The minimum Gasteiger partial charge on any atom is -0.396 e. The van der Waals surface area contributed by atoms with Crippen molar-refractivity contribution in [2.45, 2.75) is 31.4 Å². The highest BCUT2D eigenvalue weighted by Gasteiger charge is 2.37. The first kappa shape index (κ1) is 18.0. The fourth-order valence-corrected chi connectivity index (χ4v) is 2.33. The summed E-state index contributed by atoms with van der Waals surface area (Å²) >= 11 is 16.9. The number of amides is 1. The lowest BCUT2D eigenvalue weighted by atomic mass is 9.93. The number of carbonyl (C=O) groups is 2. The van der Waals surface area contributed by atoms with E-state index in [1.807, 2.05) is 0 Å². The van der Waals surface area contributed by atoms with Gasteiger partial charge in [-0.15, -0.1) is 0 Å². The normalized spacial score (nSPS) is 15.1. The minimum absolute atomic E-state index is 0.108. The van der Waals surface area contributed by atoms with E-state index in [0.29, 0.717) is 0 Å². The maximum absolute atomic E-state index is 13.0. The Bertz CT molecular complexity index is 558. The highest BCUT2D eigenvalue weighted by Crippen LogP contribution is 2.29. The monoisotopic (exact) mass is 354 g/mol. The average molecular weight is 356 g/mol. The molecule has 0 aliphatic carbocycles. The number of carbonyl (C=O) groups excluding carboxylic acids is 2. The van der Waals surface area contributed by atoms with Gasteiger partial charge >= 0.3 is 0 Å². The second kappa shape index (κ2) is 6.81. The molecule has 0 bridgehead atoms. The van der Waals surface area contributed by atoms with Crippen LogP contribution >= 0.6 is 34.8 Å². The molecule has 0 fully saturated rings. The predicted molar refractivity (Wildman–Crippen MR) is 82.8 cm³/mol. The number of nitrogen functional groups attached to an aromatic ring is 1. The van der Waals surface area contributed by atoms with Crippen molar-refractivity contribution in [3.05, 3.63) is 27.7 Å². The van der Waals surface area contributed by atoms with Crippen molar-refractivity contribution >= 4 is 52.2 Å². The summed E-state index contributed by atoms with van der Waals surface area (Å²) in [6, 6.07) is 2.62. The van der Waals surface area contributed by atoms with Gasteiger partial charge in [0.2, 0.25) is 11.4 Å². The van der Waals surface area contributed by atoms with E-state index in [-0.39, 0.29) is 27.7 Å². The Morgan fingerprint density at radius 1 is 1.38 bits per heavy atom. The van der Waals surface area contributed by atoms with Gasteiger partial charge in [-0.1, -0.05) is 41.7 Å². The molecular formula is C13H14Cl3FN2O2. The Labute approximate surface area is 136 Å². The zero-order valence-corrected chi connectivity index (χ0v) is 13.6. The number of hydrogen-bond donors (Lipinski definition) is 2. The zero-order chi connectivity index (χ0) is 16.4. The van der Waals surface area contributed by atoms with Gasteiger partial charge in [-0.25, -0.2) is 4.39 Å². The smallest absolute Gasteiger partial charge is 0.252 e. The van der Waals surface area contributed by atoms with Crippen molar-refractivity contribution in [3.63, 3.8) is 0 Å². The van der Waals surface area contributed by atoms with E-state index in [9.17, 15) is 14.0 Å². The molecule has 0 radical (unpaired) electrons. The first-order valence-corrected chi connectivity index (χ1v) is 7.21. The van der Waals surface area contributed by atoms with Crippen LogP contribution < -0.4 is 11.1 Å². The summed E-state index contributed by atoms with van der Waals surface area (Å²) in [5.74, 6) is -1.55. The summed E-state index contributed by atoms with van der Waals surface area (Å²) in [6.07, 6.45) is 0.168. The third-order valence-electron chi connectivity index (χ3n) is 3.18. The summed E-state index contributed by atoms with van der Waals surface area (Å²) in [6.45, 7) is 3.02. The van der Waals surface area contributed by atoms with Crippen molar-refractivity contribution in [1.82, 2.24) is 5.32 Å². The molecule has 2 atom stereocenters. The second-order valence-corrected chi connectivity index (χ2v) is 5.86. The lowest BCUT2D eigenvalue weighted by Gasteiger charge is -2.28. The molecule has 8 heteroatoms. The first-order valence-electron chi connectivity index (χ1n) is 6.02. The Hall–Kier alpha value is -1.04. The van der Waals surface area contributed by atoms with Crippen LogP contribution in [0.5, 0.6) is 0 Å². The van der Waals surface area contributed by atoms with Gasteiger partial charge < -0.3 is 11.1 Å². The van der Waals surface area contributed by atoms with Gasteiger partial charge in [0.15, 0.2) is 0 Å². The lowest BCUT2D eigenvalue weighted by molar-refractivity contribution is -0.127. The first-order chi connectivity index (χ1) is 9.62. The molecule has 0 aromatic heterocycles. The SMILES string of the molecule is CCC(C)(NC(=O)c1cc(Cl)c(N)c(Cl)c1)C(=O)C(F)Cl. The van der Waals surface area contributed by atoms with Gasteiger partial charge in [0.1, 0.15) is 5.54 Å². The van der Waals surface area contributed by atoms with Crippen LogP contribution in [0.15, 0.2) is 12.1 Å². The number of alkyl halides is 2. The summed E-state index contributed by atoms with van der Waals surface area (Å²) in [5, 5.41) is 2.66. The number of ketones is 1. The Morgan fingerprint density at radius 3 is 2.24 bits per heavy atom. The highest BCUT2D eigenvalue weighted by molar-refractivity contribution is 6.39. The summed E-state index contributed by atoms with van der Waals surface area (Å²) in [7, 11) is 0. The second-order valence-electron chi connectivity index (χ2n) is 4.66. The molecule has 3 N–H and O–H groups in total. The molecule has 1 rings (SSSR count). The lowest BCUT2D eigenvalue weighted by Crippen LogP contribution is -2.53. The molecule has 1 aromatic rings. The maximum atomic E-state index is 13.0. The predicted octanol–water partition coefficient (Wildman–Crippen LogP) is 3.58. The van der Waals surface area contributed by atoms with Crippen LogP contribution in [0, 0.1) is 0 Å². The fourth-order valence-electron chi connectivity index (χ4n) is 1.60. The van der Waals surface area contributed by atoms with Crippen molar-refractivity contribution in [3.8, 4) is 0 Å². The van der Waals surface area contributed by atoms with Crippen LogP contribution in [0.2, 0.25) is 10.0 Å². The van der Waals surface area contributed by atoms with Gasteiger partial charge in [0.05, 0.1) is 15.7 Å². The van der Waals surface area contributed by atoms with Crippen LogP contribution in [0.1, 0.15) is 30.6 Å². The van der Waals surface area contributed by atoms with Crippen molar-refractivity contribution in [2.24, 2.45) is 0 Å². The molecule has 0 heterocycles. The standard InChI is InChI=1S/C13H14Cl3FN2O2/c1-3-13(2,10(20)11(16)17)19-12(21)6-4-7(14)9(18)8(15)5-6/h4-5,11H,3,18H2,1-2H3,(H,19,21). The number of halogens is 4. The number of Topliss-reactive ketones (excluding diaryl/α,β-unsaturated/α-hetero) is 1. The Balaban J connectivity index is 3.07.